The Bertz CT molecular complexity index is 56.4. The van der Waals surface area contributed by atoms with E-state index in [0.29, 0.717) is 0 Å². The van der Waals surface area contributed by atoms with Gasteiger partial charge in [-0.25, -0.2) is 0 Å². The van der Waals surface area contributed by atoms with Crippen molar-refractivity contribution in [3.63, 3.8) is 0 Å². The molecule has 0 nitrogen and oxygen atoms in total. The van der Waals surface area contributed by atoms with E-state index in [2.05, 4.69) is 13.8 Å². The molecule has 0 amide bonds. The van der Waals surface area contributed by atoms with E-state index in [1.807, 2.05) is 0 Å². The Morgan fingerprint density at radius 1 is 0.375 bits per heavy atom. The third kappa shape index (κ3) is 29.2. The zero-order valence-corrected chi connectivity index (χ0v) is 9.07. The van der Waals surface area contributed by atoms with Crippen molar-refractivity contribution in [3.8, 4) is 0 Å². The van der Waals surface area contributed by atoms with E-state index in [4.69, 9.17) is 0 Å². The van der Waals surface area contributed by atoms with E-state index >= 15 is 0 Å². The van der Waals surface area contributed by atoms with Crippen LogP contribution in [0.5, 0.6) is 0 Å². The van der Waals surface area contributed by atoms with Crippen molar-refractivity contribution in [2.45, 2.75) is 108 Å². The number of hydrogen-bond donors (Lipinski definition) is 0. The first-order valence-electron chi connectivity index (χ1n) is 5.91. The zero-order valence-electron chi connectivity index (χ0n) is 9.07. The lowest BCUT2D eigenvalue weighted by Gasteiger charge is -1.99. The van der Waals surface area contributed by atoms with Crippen molar-refractivity contribution in [3.05, 3.63) is 0 Å². The summed E-state index contributed by atoms with van der Waals surface area (Å²) in [6.07, 6.45) is 14.4. The molecule has 0 heterocycles. The maximum absolute atomic E-state index is 2.28. The summed E-state index contributed by atoms with van der Waals surface area (Å²) in [5.74, 6) is 0. The molecule has 0 aromatic carbocycles. The number of rotatable bonds is 9. The Hall–Kier alpha value is 0. The van der Waals surface area contributed by atoms with Gasteiger partial charge in [0.15, 0.2) is 0 Å². The first-order chi connectivity index (χ1) is 5.91. The smallest absolute Gasteiger partial charge is 0.0533 e. The van der Waals surface area contributed by atoms with Crippen molar-refractivity contribution in [1.29, 1.82) is 0 Å². The standard InChI is InChI=1S/C12H26.4CH4/c1-3-5-7-9-11-12-10-8-6-4-2;;;;/h3-12H2,1-2H3;4*1H4. The number of hydrogen-bond acceptors (Lipinski definition) is 0. The van der Waals surface area contributed by atoms with Gasteiger partial charge in [0.2, 0.25) is 0 Å². The third-order valence-corrected chi connectivity index (χ3v) is 2.46. The van der Waals surface area contributed by atoms with Gasteiger partial charge in [-0.3, -0.25) is 0 Å². The maximum Gasteiger partial charge on any atom is -0.0533 e. The van der Waals surface area contributed by atoms with Gasteiger partial charge in [0, 0.05) is 0 Å². The molecule has 0 aromatic heterocycles. The second kappa shape index (κ2) is 29.4. The highest BCUT2D eigenvalue weighted by Crippen LogP contribution is 2.09. The first-order valence-corrected chi connectivity index (χ1v) is 5.91. The lowest BCUT2D eigenvalue weighted by atomic mass is 10.1. The molecule has 0 unspecified atom stereocenters. The van der Waals surface area contributed by atoms with Gasteiger partial charge in [0.05, 0.1) is 0 Å². The quantitative estimate of drug-likeness (QED) is 0.363. The molecule has 0 aliphatic carbocycles. The van der Waals surface area contributed by atoms with Gasteiger partial charge in [0.25, 0.3) is 0 Å². The van der Waals surface area contributed by atoms with Gasteiger partial charge in [-0.2, -0.15) is 0 Å². The van der Waals surface area contributed by atoms with Crippen LogP contribution in [-0.4, -0.2) is 0 Å². The maximum atomic E-state index is 2.28. The molecule has 0 aliphatic heterocycles. The summed E-state index contributed by atoms with van der Waals surface area (Å²) in [7, 11) is 0. The predicted octanol–water partition coefficient (Wildman–Crippen LogP) is 7.47. The second-order valence-corrected chi connectivity index (χ2v) is 3.83. The summed E-state index contributed by atoms with van der Waals surface area (Å²) in [6.45, 7) is 4.56. The largest absolute Gasteiger partial charge is 0.0776 e. The van der Waals surface area contributed by atoms with Gasteiger partial charge in [-0.05, 0) is 0 Å². The van der Waals surface area contributed by atoms with E-state index in [1.165, 1.54) is 64.2 Å². The molecular formula is C16H42. The molecule has 0 atom stereocenters. The van der Waals surface area contributed by atoms with Crippen LogP contribution >= 0.6 is 0 Å². The highest BCUT2D eigenvalue weighted by Gasteiger charge is 1.90. The summed E-state index contributed by atoms with van der Waals surface area (Å²) in [6, 6.07) is 0. The van der Waals surface area contributed by atoms with Crippen LogP contribution in [0.25, 0.3) is 0 Å². The second-order valence-electron chi connectivity index (χ2n) is 3.83. The van der Waals surface area contributed by atoms with Crippen LogP contribution in [0.4, 0.5) is 0 Å². The fourth-order valence-electron chi connectivity index (χ4n) is 1.56. The van der Waals surface area contributed by atoms with E-state index in [1.54, 1.807) is 0 Å². The highest BCUT2D eigenvalue weighted by molar-refractivity contribution is 4.45. The van der Waals surface area contributed by atoms with Gasteiger partial charge < -0.3 is 0 Å². The summed E-state index contributed by atoms with van der Waals surface area (Å²) >= 11 is 0. The van der Waals surface area contributed by atoms with E-state index in [9.17, 15) is 0 Å². The molecule has 0 radical (unpaired) electrons. The van der Waals surface area contributed by atoms with Crippen LogP contribution in [0.1, 0.15) is 108 Å². The fourth-order valence-corrected chi connectivity index (χ4v) is 1.56. The average molecular weight is 235 g/mol. The van der Waals surface area contributed by atoms with Crippen molar-refractivity contribution in [2.24, 2.45) is 0 Å². The molecule has 0 aliphatic rings. The Labute approximate surface area is 108 Å². The topological polar surface area (TPSA) is 0 Å². The SMILES string of the molecule is C.C.C.C.CCCCCCCCCCCC. The predicted molar refractivity (Wildman–Crippen MR) is 84.4 cm³/mol. The lowest BCUT2D eigenvalue weighted by Crippen LogP contribution is -1.80. The van der Waals surface area contributed by atoms with Crippen LogP contribution in [-0.2, 0) is 0 Å². The van der Waals surface area contributed by atoms with Crippen LogP contribution in [0.3, 0.4) is 0 Å². The molecule has 0 aromatic rings. The Balaban J connectivity index is -0.000000101. The summed E-state index contributed by atoms with van der Waals surface area (Å²) in [5, 5.41) is 0. The third-order valence-electron chi connectivity index (χ3n) is 2.46. The normalized spacial score (nSPS) is 7.88. The molecule has 0 heteroatoms. The minimum Gasteiger partial charge on any atom is -0.0776 e. The molecule has 0 fully saturated rings. The molecule has 0 rings (SSSR count). The van der Waals surface area contributed by atoms with E-state index < -0.39 is 0 Å². The van der Waals surface area contributed by atoms with Crippen LogP contribution in [0, 0.1) is 0 Å². The summed E-state index contributed by atoms with van der Waals surface area (Å²) in [5.41, 5.74) is 0. The molecule has 0 saturated carbocycles. The van der Waals surface area contributed by atoms with Crippen LogP contribution in [0.15, 0.2) is 0 Å². The molecule has 16 heavy (non-hydrogen) atoms. The summed E-state index contributed by atoms with van der Waals surface area (Å²) in [4.78, 5) is 0. The van der Waals surface area contributed by atoms with Crippen LogP contribution < -0.4 is 0 Å². The Morgan fingerprint density at radius 2 is 0.562 bits per heavy atom. The average Bonchev–Trinajstić information content (AvgIpc) is 2.10. The van der Waals surface area contributed by atoms with E-state index in [0.717, 1.165) is 0 Å². The molecule has 0 bridgehead atoms. The van der Waals surface area contributed by atoms with Gasteiger partial charge in [-0.1, -0.05) is 108 Å². The molecule has 0 N–H and O–H groups in total. The monoisotopic (exact) mass is 234 g/mol. The number of unbranched alkanes of at least 4 members (excludes halogenated alkanes) is 9. The van der Waals surface area contributed by atoms with Crippen molar-refractivity contribution >= 4 is 0 Å². The molecule has 106 valence electrons. The first kappa shape index (κ1) is 29.8. The minimum absolute atomic E-state index is 0. The zero-order chi connectivity index (χ0) is 9.07. The molecular weight excluding hydrogens is 192 g/mol. The molecule has 0 spiro atoms. The van der Waals surface area contributed by atoms with Crippen molar-refractivity contribution in [1.82, 2.24) is 0 Å². The van der Waals surface area contributed by atoms with Gasteiger partial charge in [-0.15, -0.1) is 0 Å². The molecule has 0 saturated heterocycles. The fraction of sp³-hybridized carbons (Fsp3) is 1.00. The van der Waals surface area contributed by atoms with Crippen LogP contribution in [0.2, 0.25) is 0 Å². The van der Waals surface area contributed by atoms with E-state index in [-0.39, 0.29) is 29.7 Å². The summed E-state index contributed by atoms with van der Waals surface area (Å²) < 4.78 is 0. The highest BCUT2D eigenvalue weighted by atomic mass is 14.0. The Morgan fingerprint density at radius 3 is 0.750 bits per heavy atom. The Kier molecular flexibility index (Phi) is 54.7. The van der Waals surface area contributed by atoms with Gasteiger partial charge in [0.1, 0.15) is 0 Å². The minimum atomic E-state index is 0. The van der Waals surface area contributed by atoms with Crippen molar-refractivity contribution in [2.75, 3.05) is 0 Å². The van der Waals surface area contributed by atoms with Gasteiger partial charge >= 0.3 is 0 Å². The lowest BCUT2D eigenvalue weighted by molar-refractivity contribution is 0.562. The van der Waals surface area contributed by atoms with Crippen molar-refractivity contribution < 1.29 is 0 Å².